The van der Waals surface area contributed by atoms with E-state index in [2.05, 4.69) is 5.32 Å². The van der Waals surface area contributed by atoms with Crippen LogP contribution in [0.3, 0.4) is 0 Å². The number of benzene rings is 3. The average Bonchev–Trinajstić information content (AvgIpc) is 3.42. The lowest BCUT2D eigenvalue weighted by Gasteiger charge is -2.25. The van der Waals surface area contributed by atoms with Crippen molar-refractivity contribution in [3.05, 3.63) is 125 Å². The summed E-state index contributed by atoms with van der Waals surface area (Å²) < 4.78 is 19.8. The Morgan fingerprint density at radius 2 is 1.77 bits per heavy atom. The van der Waals surface area contributed by atoms with Gasteiger partial charge in [-0.1, -0.05) is 54.6 Å². The maximum absolute atomic E-state index is 14.4. The van der Waals surface area contributed by atoms with E-state index >= 15 is 0 Å². The van der Waals surface area contributed by atoms with Crippen molar-refractivity contribution < 1.29 is 18.7 Å². The Morgan fingerprint density at radius 1 is 1.00 bits per heavy atom. The highest BCUT2D eigenvalue weighted by Crippen LogP contribution is 2.42. The minimum Gasteiger partial charge on any atom is -0.383 e. The largest absolute Gasteiger partial charge is 0.383 e. The van der Waals surface area contributed by atoms with Gasteiger partial charge >= 0.3 is 0 Å². The van der Waals surface area contributed by atoms with E-state index in [4.69, 9.17) is 9.72 Å². The molecule has 0 fully saturated rings. The van der Waals surface area contributed by atoms with Crippen LogP contribution in [0.2, 0.25) is 0 Å². The van der Waals surface area contributed by atoms with Crippen molar-refractivity contribution in [1.29, 1.82) is 0 Å². The lowest BCUT2D eigenvalue weighted by molar-refractivity contribution is 0.0981. The Bertz CT molecular complexity index is 1800. The number of methoxy groups -OCH3 is 1. The Hall–Kier alpha value is -4.86. The molecule has 0 aliphatic carbocycles. The molecule has 9 heteroatoms. The molecule has 0 bridgehead atoms. The molecule has 1 aliphatic rings. The molecule has 3 aromatic carbocycles. The summed E-state index contributed by atoms with van der Waals surface area (Å²) in [7, 11) is 1.66. The van der Waals surface area contributed by atoms with Gasteiger partial charge in [-0.3, -0.25) is 9.59 Å². The van der Waals surface area contributed by atoms with Gasteiger partial charge in [0.15, 0.2) is 0 Å². The van der Waals surface area contributed by atoms with E-state index in [0.29, 0.717) is 48.1 Å². The highest BCUT2D eigenvalue weighted by atomic mass is 32.1. The Kier molecular flexibility index (Phi) is 8.49. The van der Waals surface area contributed by atoms with Gasteiger partial charge in [-0.05, 0) is 66.9 Å². The summed E-state index contributed by atoms with van der Waals surface area (Å²) in [6.45, 7) is 3.24. The second kappa shape index (κ2) is 12.8. The van der Waals surface area contributed by atoms with Crippen molar-refractivity contribution in [2.75, 3.05) is 41.9 Å². The highest BCUT2D eigenvalue weighted by Gasteiger charge is 2.28. The smallest absolute Gasteiger partial charge is 0.276 e. The number of carbonyl (C=O) groups excluding carboxylic acids is 2. The maximum atomic E-state index is 14.4. The molecule has 7 nitrogen and oxygen atoms in total. The van der Waals surface area contributed by atoms with E-state index in [1.54, 1.807) is 37.1 Å². The fraction of sp³-hybridized carbons (Fsp3) is 0.171. The number of carbonyl (C=O) groups is 2. The number of aromatic nitrogens is 1. The third kappa shape index (κ3) is 5.84. The van der Waals surface area contributed by atoms with Gasteiger partial charge in [0.25, 0.3) is 11.8 Å². The van der Waals surface area contributed by atoms with E-state index in [0.717, 1.165) is 27.4 Å². The first kappa shape index (κ1) is 29.2. The van der Waals surface area contributed by atoms with Gasteiger partial charge in [0.05, 0.1) is 22.9 Å². The summed E-state index contributed by atoms with van der Waals surface area (Å²) in [5.74, 6) is -0.386. The number of aryl methyl sites for hydroxylation is 1. The minimum atomic E-state index is -0.473. The normalized spacial score (nSPS) is 12.2. The molecule has 2 amide bonds. The van der Waals surface area contributed by atoms with Crippen LogP contribution in [-0.4, -0.2) is 43.6 Å². The van der Waals surface area contributed by atoms with Gasteiger partial charge in [-0.25, -0.2) is 9.37 Å². The molecule has 222 valence electrons. The molecule has 5 aromatic rings. The first-order valence-corrected chi connectivity index (χ1v) is 15.1. The van der Waals surface area contributed by atoms with Crippen LogP contribution in [0.4, 0.5) is 27.3 Å². The van der Waals surface area contributed by atoms with Crippen molar-refractivity contribution in [3.8, 4) is 10.4 Å². The van der Waals surface area contributed by atoms with Crippen LogP contribution in [0.5, 0.6) is 0 Å². The molecule has 2 aromatic heterocycles. The molecular weight excluding hydrogens is 575 g/mol. The first-order valence-electron chi connectivity index (χ1n) is 14.3. The van der Waals surface area contributed by atoms with Crippen LogP contribution in [0.1, 0.15) is 31.3 Å². The number of anilines is 4. The third-order valence-corrected chi connectivity index (χ3v) is 8.81. The molecule has 0 saturated heterocycles. The van der Waals surface area contributed by atoms with Crippen molar-refractivity contribution in [2.24, 2.45) is 0 Å². The Labute approximate surface area is 259 Å². The number of nitrogens with one attached hydrogen (secondary N) is 1. The molecule has 1 N–H and O–H groups in total. The zero-order chi connectivity index (χ0) is 30.6. The standard InChI is InChI=1S/C35H31FN4O3S/c1-23-10-8-14-27(36)32(23)38-34(41)30-22-24-18-19-40(29-16-7-6-13-26(29)33(24)44-30)35(42)28-15-9-17-31(37-28)39(20-21-43-2)25-11-4-3-5-12-25/h3-17,22H,18-21H2,1-2H3,(H,38,41). The molecular formula is C35H31FN4O3S. The van der Waals surface area contributed by atoms with Crippen molar-refractivity contribution in [3.63, 3.8) is 0 Å². The number of halogens is 1. The van der Waals surface area contributed by atoms with Gasteiger partial charge in [-0.15, -0.1) is 11.3 Å². The van der Waals surface area contributed by atoms with Gasteiger partial charge < -0.3 is 19.9 Å². The fourth-order valence-electron chi connectivity index (χ4n) is 5.38. The number of ether oxygens (including phenoxy) is 1. The van der Waals surface area contributed by atoms with E-state index < -0.39 is 5.82 Å². The number of fused-ring (bicyclic) bond motifs is 3. The molecule has 3 heterocycles. The van der Waals surface area contributed by atoms with Crippen LogP contribution >= 0.6 is 11.3 Å². The predicted molar refractivity (Wildman–Crippen MR) is 174 cm³/mol. The Balaban J connectivity index is 1.30. The van der Waals surface area contributed by atoms with E-state index in [9.17, 15) is 14.0 Å². The van der Waals surface area contributed by atoms with Gasteiger partial charge in [0.2, 0.25) is 0 Å². The minimum absolute atomic E-state index is 0.182. The summed E-state index contributed by atoms with van der Waals surface area (Å²) >= 11 is 1.34. The van der Waals surface area contributed by atoms with Crippen molar-refractivity contribution in [1.82, 2.24) is 4.98 Å². The van der Waals surface area contributed by atoms with Crippen LogP contribution in [0.25, 0.3) is 10.4 Å². The summed E-state index contributed by atoms with van der Waals surface area (Å²) in [5, 5.41) is 2.74. The average molecular weight is 607 g/mol. The second-order valence-electron chi connectivity index (χ2n) is 10.4. The number of hydrogen-bond acceptors (Lipinski definition) is 6. The fourth-order valence-corrected chi connectivity index (χ4v) is 6.52. The molecule has 0 saturated carbocycles. The third-order valence-electron chi connectivity index (χ3n) is 7.60. The second-order valence-corrected chi connectivity index (χ2v) is 11.5. The topological polar surface area (TPSA) is 74.8 Å². The van der Waals surface area contributed by atoms with E-state index in [1.165, 1.54) is 17.4 Å². The summed E-state index contributed by atoms with van der Waals surface area (Å²) in [6.07, 6.45) is 0.544. The highest BCUT2D eigenvalue weighted by molar-refractivity contribution is 7.17. The van der Waals surface area contributed by atoms with E-state index in [1.807, 2.05) is 77.7 Å². The number of nitrogens with zero attached hydrogens (tertiary/aromatic N) is 3. The van der Waals surface area contributed by atoms with Crippen molar-refractivity contribution >= 4 is 46.0 Å². The molecule has 0 atom stereocenters. The van der Waals surface area contributed by atoms with Crippen molar-refractivity contribution in [2.45, 2.75) is 13.3 Å². The van der Waals surface area contributed by atoms with Crippen LogP contribution in [0.15, 0.2) is 97.1 Å². The zero-order valence-electron chi connectivity index (χ0n) is 24.4. The molecule has 0 radical (unpaired) electrons. The van der Waals surface area contributed by atoms with Crippen LogP contribution in [0, 0.1) is 12.7 Å². The molecule has 0 spiro atoms. The SMILES string of the molecule is COCCN(c1ccccc1)c1cccc(C(=O)N2CCc3cc(C(=O)Nc4c(C)cccc4F)sc3-c3ccccc32)n1. The quantitative estimate of drug-likeness (QED) is 0.198. The molecule has 1 aliphatic heterocycles. The number of para-hydroxylation sites is 3. The number of thiophene rings is 1. The van der Waals surface area contributed by atoms with Gasteiger partial charge in [0.1, 0.15) is 17.3 Å². The summed E-state index contributed by atoms with van der Waals surface area (Å²) in [4.78, 5) is 37.3. The van der Waals surface area contributed by atoms with Gasteiger partial charge in [0, 0.05) is 36.3 Å². The first-order chi connectivity index (χ1) is 21.4. The number of pyridine rings is 1. The number of amides is 2. The number of hydrogen-bond donors (Lipinski definition) is 1. The van der Waals surface area contributed by atoms with Gasteiger partial charge in [-0.2, -0.15) is 0 Å². The lowest BCUT2D eigenvalue weighted by Crippen LogP contribution is -2.33. The van der Waals surface area contributed by atoms with E-state index in [-0.39, 0.29) is 17.5 Å². The zero-order valence-corrected chi connectivity index (χ0v) is 25.2. The molecule has 0 unspecified atom stereocenters. The molecule has 44 heavy (non-hydrogen) atoms. The lowest BCUT2D eigenvalue weighted by atomic mass is 10.1. The predicted octanol–water partition coefficient (Wildman–Crippen LogP) is 7.50. The molecule has 6 rings (SSSR count). The van der Waals surface area contributed by atoms with Crippen LogP contribution < -0.4 is 15.1 Å². The monoisotopic (exact) mass is 606 g/mol. The summed E-state index contributed by atoms with van der Waals surface area (Å²) in [6, 6.07) is 29.6. The maximum Gasteiger partial charge on any atom is 0.276 e. The number of rotatable bonds is 8. The summed E-state index contributed by atoms with van der Waals surface area (Å²) in [5.41, 5.74) is 4.70. The Morgan fingerprint density at radius 3 is 2.57 bits per heavy atom. The van der Waals surface area contributed by atoms with Crippen LogP contribution in [-0.2, 0) is 11.2 Å².